The van der Waals surface area contributed by atoms with E-state index in [1.165, 1.54) is 0 Å². The Hall–Kier alpha value is -1.35. The van der Waals surface area contributed by atoms with Crippen molar-refractivity contribution in [3.05, 3.63) is 30.3 Å². The lowest BCUT2D eigenvalue weighted by atomic mass is 10.1. The Morgan fingerprint density at radius 1 is 1.35 bits per heavy atom. The maximum Gasteiger partial charge on any atom is 0.227 e. The summed E-state index contributed by atoms with van der Waals surface area (Å²) in [4.78, 5) is 14.0. The monoisotopic (exact) mass is 232 g/mol. The molecule has 1 saturated carbocycles. The fourth-order valence-electron chi connectivity index (χ4n) is 2.57. The minimum Gasteiger partial charge on any atom is -0.326 e. The molecule has 2 N–H and O–H groups in total. The molecule has 2 rings (SSSR count). The summed E-state index contributed by atoms with van der Waals surface area (Å²) in [5.41, 5.74) is 7.09. The van der Waals surface area contributed by atoms with Crippen LogP contribution in [-0.2, 0) is 4.79 Å². The fourth-order valence-corrected chi connectivity index (χ4v) is 2.57. The van der Waals surface area contributed by atoms with Gasteiger partial charge >= 0.3 is 0 Å². The maximum atomic E-state index is 12.1. The van der Waals surface area contributed by atoms with Crippen molar-refractivity contribution in [1.29, 1.82) is 0 Å². The van der Waals surface area contributed by atoms with Crippen LogP contribution in [0, 0.1) is 0 Å². The first kappa shape index (κ1) is 12.1. The lowest BCUT2D eigenvalue weighted by Crippen LogP contribution is -2.47. The predicted octanol–water partition coefficient (Wildman–Crippen LogP) is 2.31. The summed E-state index contributed by atoms with van der Waals surface area (Å²) in [5, 5.41) is 0. The number of para-hydroxylation sites is 1. The first-order valence-corrected chi connectivity index (χ1v) is 6.36. The van der Waals surface area contributed by atoms with Crippen LogP contribution >= 0.6 is 0 Å². The standard InChI is InChI=1S/C14H20N2O/c1-2-14(17)16(11-7-4-3-5-8-11)13-10-6-9-12(13)15/h3-5,7-8,12-13H,2,6,9-10,15H2,1H3. The van der Waals surface area contributed by atoms with Gasteiger partial charge in [-0.05, 0) is 31.4 Å². The lowest BCUT2D eigenvalue weighted by Gasteiger charge is -2.31. The number of anilines is 1. The van der Waals surface area contributed by atoms with Gasteiger partial charge in [0, 0.05) is 18.2 Å². The number of rotatable bonds is 3. The van der Waals surface area contributed by atoms with Gasteiger partial charge in [0.05, 0.1) is 6.04 Å². The molecule has 1 aromatic rings. The summed E-state index contributed by atoms with van der Waals surface area (Å²) in [5.74, 6) is 0.165. The van der Waals surface area contributed by atoms with Gasteiger partial charge < -0.3 is 10.6 Å². The largest absolute Gasteiger partial charge is 0.326 e. The summed E-state index contributed by atoms with van der Waals surface area (Å²) < 4.78 is 0. The molecule has 0 heterocycles. The van der Waals surface area contributed by atoms with Crippen LogP contribution in [-0.4, -0.2) is 18.0 Å². The van der Waals surface area contributed by atoms with Gasteiger partial charge in [0.25, 0.3) is 0 Å². The number of nitrogens with two attached hydrogens (primary N) is 1. The van der Waals surface area contributed by atoms with E-state index in [4.69, 9.17) is 5.73 Å². The third-order valence-electron chi connectivity index (χ3n) is 3.47. The molecule has 0 aliphatic heterocycles. The molecule has 0 spiro atoms. The average Bonchev–Trinajstić information content (AvgIpc) is 2.77. The Kier molecular flexibility index (Phi) is 3.79. The number of hydrogen-bond donors (Lipinski definition) is 1. The van der Waals surface area contributed by atoms with E-state index < -0.39 is 0 Å². The average molecular weight is 232 g/mol. The van der Waals surface area contributed by atoms with Gasteiger partial charge in [0.15, 0.2) is 0 Å². The third-order valence-corrected chi connectivity index (χ3v) is 3.47. The highest BCUT2D eigenvalue weighted by molar-refractivity contribution is 5.93. The van der Waals surface area contributed by atoms with Crippen LogP contribution in [0.1, 0.15) is 32.6 Å². The van der Waals surface area contributed by atoms with Crippen LogP contribution in [0.25, 0.3) is 0 Å². The Balaban J connectivity index is 2.28. The van der Waals surface area contributed by atoms with Gasteiger partial charge in [-0.1, -0.05) is 25.1 Å². The van der Waals surface area contributed by atoms with Gasteiger partial charge in [0.1, 0.15) is 0 Å². The second kappa shape index (κ2) is 5.32. The first-order valence-electron chi connectivity index (χ1n) is 6.36. The van der Waals surface area contributed by atoms with Crippen molar-refractivity contribution in [1.82, 2.24) is 0 Å². The number of benzene rings is 1. The van der Waals surface area contributed by atoms with Crippen molar-refractivity contribution < 1.29 is 4.79 Å². The van der Waals surface area contributed by atoms with Crippen molar-refractivity contribution in [2.24, 2.45) is 5.73 Å². The number of carbonyl (C=O) groups excluding carboxylic acids is 1. The molecule has 1 fully saturated rings. The summed E-state index contributed by atoms with van der Waals surface area (Å²) >= 11 is 0. The van der Waals surface area contributed by atoms with E-state index in [9.17, 15) is 4.79 Å². The van der Waals surface area contributed by atoms with Gasteiger partial charge in [-0.3, -0.25) is 4.79 Å². The molecule has 2 unspecified atom stereocenters. The smallest absolute Gasteiger partial charge is 0.227 e. The summed E-state index contributed by atoms with van der Waals surface area (Å²) in [6.45, 7) is 1.90. The molecule has 3 heteroatoms. The van der Waals surface area contributed by atoms with Crippen LogP contribution in [0.2, 0.25) is 0 Å². The molecule has 0 saturated heterocycles. The van der Waals surface area contributed by atoms with Crippen molar-refractivity contribution in [3.63, 3.8) is 0 Å². The lowest BCUT2D eigenvalue weighted by molar-refractivity contribution is -0.118. The number of nitrogens with zero attached hydrogens (tertiary/aromatic N) is 1. The van der Waals surface area contributed by atoms with E-state index in [1.807, 2.05) is 42.2 Å². The Morgan fingerprint density at radius 3 is 2.59 bits per heavy atom. The molecule has 0 radical (unpaired) electrons. The van der Waals surface area contributed by atoms with E-state index in [1.54, 1.807) is 0 Å². The van der Waals surface area contributed by atoms with E-state index in [-0.39, 0.29) is 18.0 Å². The molecule has 1 aliphatic rings. The highest BCUT2D eigenvalue weighted by Gasteiger charge is 2.32. The molecular formula is C14H20N2O. The topological polar surface area (TPSA) is 46.3 Å². The number of hydrogen-bond acceptors (Lipinski definition) is 2. The van der Waals surface area contributed by atoms with Crippen molar-refractivity contribution in [2.45, 2.75) is 44.7 Å². The van der Waals surface area contributed by atoms with Crippen molar-refractivity contribution in [3.8, 4) is 0 Å². The Morgan fingerprint density at radius 2 is 2.06 bits per heavy atom. The molecule has 1 aliphatic carbocycles. The molecule has 0 bridgehead atoms. The summed E-state index contributed by atoms with van der Waals surface area (Å²) in [6, 6.07) is 10.2. The highest BCUT2D eigenvalue weighted by atomic mass is 16.2. The van der Waals surface area contributed by atoms with E-state index in [2.05, 4.69) is 0 Å². The van der Waals surface area contributed by atoms with Crippen molar-refractivity contribution in [2.75, 3.05) is 4.90 Å². The van der Waals surface area contributed by atoms with Crippen LogP contribution < -0.4 is 10.6 Å². The van der Waals surface area contributed by atoms with Gasteiger partial charge in [-0.2, -0.15) is 0 Å². The first-order chi connectivity index (χ1) is 8.24. The minimum atomic E-state index is 0.116. The van der Waals surface area contributed by atoms with Crippen molar-refractivity contribution >= 4 is 11.6 Å². The molecule has 2 atom stereocenters. The molecule has 1 aromatic carbocycles. The van der Waals surface area contributed by atoms with Gasteiger partial charge in [-0.25, -0.2) is 0 Å². The van der Waals surface area contributed by atoms with Crippen LogP contribution in [0.15, 0.2) is 30.3 Å². The van der Waals surface area contributed by atoms with Crippen LogP contribution in [0.4, 0.5) is 5.69 Å². The molecule has 92 valence electrons. The van der Waals surface area contributed by atoms with E-state index in [0.29, 0.717) is 6.42 Å². The van der Waals surface area contributed by atoms with Gasteiger partial charge in [-0.15, -0.1) is 0 Å². The number of amides is 1. The Labute approximate surface area is 103 Å². The zero-order chi connectivity index (χ0) is 12.3. The van der Waals surface area contributed by atoms with Crippen LogP contribution in [0.5, 0.6) is 0 Å². The summed E-state index contributed by atoms with van der Waals surface area (Å²) in [7, 11) is 0. The minimum absolute atomic E-state index is 0.116. The Bertz CT molecular complexity index is 377. The SMILES string of the molecule is CCC(=O)N(c1ccccc1)C1CCCC1N. The van der Waals surface area contributed by atoms with E-state index >= 15 is 0 Å². The second-order valence-electron chi connectivity index (χ2n) is 4.61. The van der Waals surface area contributed by atoms with Crippen LogP contribution in [0.3, 0.4) is 0 Å². The normalized spacial score (nSPS) is 23.6. The van der Waals surface area contributed by atoms with E-state index in [0.717, 1.165) is 24.9 Å². The molecule has 0 aromatic heterocycles. The molecular weight excluding hydrogens is 212 g/mol. The van der Waals surface area contributed by atoms with Gasteiger partial charge in [0.2, 0.25) is 5.91 Å². The quantitative estimate of drug-likeness (QED) is 0.869. The highest BCUT2D eigenvalue weighted by Crippen LogP contribution is 2.28. The molecule has 17 heavy (non-hydrogen) atoms. The third kappa shape index (κ3) is 2.50. The zero-order valence-electron chi connectivity index (χ0n) is 10.3. The maximum absolute atomic E-state index is 12.1. The fraction of sp³-hybridized carbons (Fsp3) is 0.500. The second-order valence-corrected chi connectivity index (χ2v) is 4.61. The molecule has 3 nitrogen and oxygen atoms in total. The zero-order valence-corrected chi connectivity index (χ0v) is 10.3. The summed E-state index contributed by atoms with van der Waals surface area (Å²) in [6.07, 6.45) is 3.68. The molecule has 1 amide bonds. The predicted molar refractivity (Wildman–Crippen MR) is 69.8 cm³/mol. The number of carbonyl (C=O) groups is 1.